The van der Waals surface area contributed by atoms with E-state index >= 15 is 0 Å². The van der Waals surface area contributed by atoms with E-state index in [1.165, 1.54) is 5.56 Å². The fourth-order valence-electron chi connectivity index (χ4n) is 3.63. The summed E-state index contributed by atoms with van der Waals surface area (Å²) in [5.41, 5.74) is 3.15. The van der Waals surface area contributed by atoms with Crippen LogP contribution in [0.3, 0.4) is 0 Å². The van der Waals surface area contributed by atoms with Crippen LogP contribution in [0.25, 0.3) is 23.1 Å². The van der Waals surface area contributed by atoms with Crippen LogP contribution in [0, 0.1) is 6.92 Å². The minimum absolute atomic E-state index is 0.623. The third-order valence-corrected chi connectivity index (χ3v) is 5.36. The Bertz CT molecular complexity index is 1030. The molecule has 2 heterocycles. The molecule has 162 valence electrons. The standard InChI is InChI=1S/C24H29N5O2/c1-18-3-9-22-21(17-18)24(26-11-2-12-29-13-15-30-16-14-29)28-23(27-22)10-6-19-4-7-20(31-25)8-5-19/h3-10,17H,2,11-16,25H2,1H3,(H,26,27,28)/b10-6+. The van der Waals surface area contributed by atoms with E-state index < -0.39 is 0 Å². The summed E-state index contributed by atoms with van der Waals surface area (Å²) >= 11 is 0. The van der Waals surface area contributed by atoms with Crippen molar-refractivity contribution in [1.29, 1.82) is 0 Å². The van der Waals surface area contributed by atoms with Gasteiger partial charge in [0.2, 0.25) is 0 Å². The number of hydrogen-bond donors (Lipinski definition) is 2. The zero-order valence-electron chi connectivity index (χ0n) is 17.9. The Labute approximate surface area is 182 Å². The number of nitrogens with two attached hydrogens (primary N) is 1. The van der Waals surface area contributed by atoms with Gasteiger partial charge in [-0.3, -0.25) is 4.90 Å². The SMILES string of the molecule is Cc1ccc2nc(/C=C/c3ccc(ON)cc3)nc(NCCCN3CCOCC3)c2c1. The van der Waals surface area contributed by atoms with Crippen LogP contribution in [0.15, 0.2) is 42.5 Å². The second kappa shape index (κ2) is 10.3. The average Bonchev–Trinajstić information content (AvgIpc) is 2.81. The third kappa shape index (κ3) is 5.79. The summed E-state index contributed by atoms with van der Waals surface area (Å²) in [6, 6.07) is 13.8. The zero-order valence-corrected chi connectivity index (χ0v) is 17.9. The maximum atomic E-state index is 5.42. The van der Waals surface area contributed by atoms with E-state index in [0.717, 1.165) is 68.1 Å². The fourth-order valence-corrected chi connectivity index (χ4v) is 3.63. The third-order valence-electron chi connectivity index (χ3n) is 5.36. The van der Waals surface area contributed by atoms with E-state index in [4.69, 9.17) is 25.4 Å². The van der Waals surface area contributed by atoms with E-state index in [1.54, 1.807) is 0 Å². The number of fused-ring (bicyclic) bond motifs is 1. The van der Waals surface area contributed by atoms with Gasteiger partial charge in [-0.15, -0.1) is 0 Å². The lowest BCUT2D eigenvalue weighted by atomic mass is 10.1. The molecular weight excluding hydrogens is 390 g/mol. The second-order valence-electron chi connectivity index (χ2n) is 7.71. The van der Waals surface area contributed by atoms with Crippen molar-refractivity contribution < 1.29 is 9.57 Å². The Morgan fingerprint density at radius 2 is 1.90 bits per heavy atom. The summed E-state index contributed by atoms with van der Waals surface area (Å²) in [6.07, 6.45) is 4.96. The van der Waals surface area contributed by atoms with Crippen molar-refractivity contribution in [2.75, 3.05) is 44.7 Å². The van der Waals surface area contributed by atoms with Gasteiger partial charge in [0.05, 0.1) is 18.7 Å². The highest BCUT2D eigenvalue weighted by atomic mass is 16.6. The van der Waals surface area contributed by atoms with Crippen LogP contribution in [0.2, 0.25) is 0 Å². The number of benzene rings is 2. The van der Waals surface area contributed by atoms with Crippen molar-refractivity contribution in [1.82, 2.24) is 14.9 Å². The summed E-state index contributed by atoms with van der Waals surface area (Å²) in [5.74, 6) is 7.36. The molecule has 0 spiro atoms. The van der Waals surface area contributed by atoms with Gasteiger partial charge in [-0.05, 0) is 55.8 Å². The predicted octanol–water partition coefficient (Wildman–Crippen LogP) is 3.50. The first-order valence-corrected chi connectivity index (χ1v) is 10.7. The van der Waals surface area contributed by atoms with Gasteiger partial charge in [-0.1, -0.05) is 29.8 Å². The van der Waals surface area contributed by atoms with Gasteiger partial charge >= 0.3 is 0 Å². The number of nitrogens with one attached hydrogen (secondary N) is 1. The molecule has 7 heteroatoms. The monoisotopic (exact) mass is 419 g/mol. The van der Waals surface area contributed by atoms with E-state index in [-0.39, 0.29) is 0 Å². The highest BCUT2D eigenvalue weighted by Gasteiger charge is 2.10. The van der Waals surface area contributed by atoms with E-state index in [1.807, 2.05) is 36.4 Å². The predicted molar refractivity (Wildman–Crippen MR) is 125 cm³/mol. The average molecular weight is 420 g/mol. The van der Waals surface area contributed by atoms with Crippen LogP contribution in [0.4, 0.5) is 5.82 Å². The minimum atomic E-state index is 0.623. The second-order valence-corrected chi connectivity index (χ2v) is 7.71. The summed E-state index contributed by atoms with van der Waals surface area (Å²) < 4.78 is 5.42. The van der Waals surface area contributed by atoms with Crippen LogP contribution >= 0.6 is 0 Å². The lowest BCUT2D eigenvalue weighted by Crippen LogP contribution is -2.37. The van der Waals surface area contributed by atoms with Gasteiger partial charge in [0.25, 0.3) is 0 Å². The van der Waals surface area contributed by atoms with Crippen LogP contribution in [0.1, 0.15) is 23.4 Å². The van der Waals surface area contributed by atoms with Crippen molar-refractivity contribution in [3.05, 3.63) is 59.4 Å². The molecule has 0 unspecified atom stereocenters. The topological polar surface area (TPSA) is 85.5 Å². The Kier molecular flexibility index (Phi) is 7.09. The molecule has 1 saturated heterocycles. The molecule has 3 aromatic rings. The Morgan fingerprint density at radius 1 is 1.10 bits per heavy atom. The van der Waals surface area contributed by atoms with E-state index in [2.05, 4.69) is 35.3 Å². The van der Waals surface area contributed by atoms with E-state index in [9.17, 15) is 0 Å². The van der Waals surface area contributed by atoms with Gasteiger partial charge in [-0.25, -0.2) is 9.97 Å². The molecule has 4 rings (SSSR count). The molecule has 31 heavy (non-hydrogen) atoms. The van der Waals surface area contributed by atoms with Crippen molar-refractivity contribution in [2.24, 2.45) is 5.90 Å². The van der Waals surface area contributed by atoms with Gasteiger partial charge in [0.15, 0.2) is 5.82 Å². The number of aryl methyl sites for hydroxylation is 1. The molecule has 0 radical (unpaired) electrons. The zero-order chi connectivity index (χ0) is 21.5. The Hall–Kier alpha value is -3.00. The molecule has 7 nitrogen and oxygen atoms in total. The van der Waals surface area contributed by atoms with E-state index in [0.29, 0.717) is 11.6 Å². The largest absolute Gasteiger partial charge is 0.412 e. The molecular formula is C24H29N5O2. The first kappa shape index (κ1) is 21.2. The first-order valence-electron chi connectivity index (χ1n) is 10.7. The quantitative estimate of drug-likeness (QED) is 0.427. The molecule has 1 aliphatic heterocycles. The fraction of sp³-hybridized carbons (Fsp3) is 0.333. The van der Waals surface area contributed by atoms with Crippen molar-refractivity contribution in [3.8, 4) is 5.75 Å². The Balaban J connectivity index is 1.48. The lowest BCUT2D eigenvalue weighted by molar-refractivity contribution is 0.0378. The molecule has 1 aromatic heterocycles. The molecule has 0 saturated carbocycles. The molecule has 0 amide bonds. The van der Waals surface area contributed by atoms with Crippen LogP contribution in [-0.2, 0) is 4.74 Å². The number of rotatable bonds is 8. The number of hydrogen-bond acceptors (Lipinski definition) is 7. The first-order chi connectivity index (χ1) is 15.2. The maximum Gasteiger partial charge on any atom is 0.154 e. The van der Waals surface area contributed by atoms with Crippen molar-refractivity contribution in [3.63, 3.8) is 0 Å². The highest BCUT2D eigenvalue weighted by molar-refractivity contribution is 5.90. The van der Waals surface area contributed by atoms with Crippen molar-refractivity contribution >= 4 is 28.9 Å². The van der Waals surface area contributed by atoms with Crippen molar-refractivity contribution in [2.45, 2.75) is 13.3 Å². The molecule has 0 bridgehead atoms. The van der Waals surface area contributed by atoms with Gasteiger partial charge in [-0.2, -0.15) is 5.90 Å². The molecule has 0 atom stereocenters. The smallest absolute Gasteiger partial charge is 0.154 e. The number of ether oxygens (including phenoxy) is 1. The molecule has 3 N–H and O–H groups in total. The van der Waals surface area contributed by atoms with Crippen LogP contribution < -0.4 is 16.1 Å². The number of nitrogens with zero attached hydrogens (tertiary/aromatic N) is 3. The number of anilines is 1. The Morgan fingerprint density at radius 3 is 2.68 bits per heavy atom. The van der Waals surface area contributed by atoms with Gasteiger partial charge < -0.3 is 14.9 Å². The number of aromatic nitrogens is 2. The van der Waals surface area contributed by atoms with Gasteiger partial charge in [0, 0.05) is 25.0 Å². The number of morpholine rings is 1. The minimum Gasteiger partial charge on any atom is -0.412 e. The maximum absolute atomic E-state index is 5.42. The molecule has 1 fully saturated rings. The summed E-state index contributed by atoms with van der Waals surface area (Å²) in [7, 11) is 0. The summed E-state index contributed by atoms with van der Waals surface area (Å²) in [5, 5.41) is 4.58. The molecule has 2 aromatic carbocycles. The molecule has 1 aliphatic rings. The van der Waals surface area contributed by atoms with Gasteiger partial charge in [0.1, 0.15) is 11.6 Å². The highest BCUT2D eigenvalue weighted by Crippen LogP contribution is 2.23. The summed E-state index contributed by atoms with van der Waals surface area (Å²) in [6.45, 7) is 7.72. The van der Waals surface area contributed by atoms with Crippen LogP contribution in [0.5, 0.6) is 5.75 Å². The summed E-state index contributed by atoms with van der Waals surface area (Å²) in [4.78, 5) is 16.7. The normalized spacial score (nSPS) is 14.9. The molecule has 0 aliphatic carbocycles. The van der Waals surface area contributed by atoms with Crippen LogP contribution in [-0.4, -0.2) is 54.3 Å². The lowest BCUT2D eigenvalue weighted by Gasteiger charge is -2.26.